The van der Waals surface area contributed by atoms with Gasteiger partial charge in [0.15, 0.2) is 11.2 Å². The molecule has 0 aliphatic heterocycles. The number of halogens is 3. The first-order valence-corrected chi connectivity index (χ1v) is 16.7. The average Bonchev–Trinajstić information content (AvgIpc) is 3.11. The molecule has 2 aromatic heterocycles. The molecule has 0 saturated carbocycles. The molecule has 0 unspecified atom stereocenters. The quantitative estimate of drug-likeness (QED) is 0.0896. The van der Waals surface area contributed by atoms with Gasteiger partial charge in [0.05, 0.1) is 52.0 Å². The van der Waals surface area contributed by atoms with E-state index in [0.717, 1.165) is 37.6 Å². The van der Waals surface area contributed by atoms with Crippen LogP contribution in [0.15, 0.2) is 35.3 Å². The van der Waals surface area contributed by atoms with Gasteiger partial charge in [-0.2, -0.15) is 18.2 Å². The number of alkyl carbamates (subject to hydrolysis) is 1. The molecule has 0 aliphatic carbocycles. The van der Waals surface area contributed by atoms with Gasteiger partial charge in [-0.3, -0.25) is 29.1 Å². The molecule has 2 heterocycles. The summed E-state index contributed by atoms with van der Waals surface area (Å²) in [6, 6.07) is 3.13. The van der Waals surface area contributed by atoms with Crippen LogP contribution in [0.1, 0.15) is 49.7 Å². The summed E-state index contributed by atoms with van der Waals surface area (Å²) in [6.07, 6.45) is -5.16. The van der Waals surface area contributed by atoms with E-state index in [1.54, 1.807) is 20.8 Å². The van der Waals surface area contributed by atoms with Crippen molar-refractivity contribution < 1.29 is 56.1 Å². The minimum Gasteiger partial charge on any atom is -0.467 e. The number of esters is 1. The van der Waals surface area contributed by atoms with Crippen LogP contribution < -0.4 is 32.1 Å². The number of fused-ring (bicyclic) bond motifs is 1. The number of aromatic amines is 1. The largest absolute Gasteiger partial charge is 0.471 e. The zero-order valence-corrected chi connectivity index (χ0v) is 30.4. The summed E-state index contributed by atoms with van der Waals surface area (Å²) in [5.41, 5.74) is 3.04. The Hall–Kier alpha value is -5.90. The topological polar surface area (TPSA) is 259 Å². The van der Waals surface area contributed by atoms with Crippen molar-refractivity contribution in [2.45, 2.75) is 58.0 Å². The number of rotatable bonds is 18. The van der Waals surface area contributed by atoms with Gasteiger partial charge >= 0.3 is 24.1 Å². The van der Waals surface area contributed by atoms with Crippen LogP contribution in [0.4, 0.5) is 29.6 Å². The predicted octanol–water partition coefficient (Wildman–Crippen LogP) is 1.12. The molecule has 0 bridgehead atoms. The van der Waals surface area contributed by atoms with Crippen LogP contribution in [0.25, 0.3) is 11.2 Å². The Balaban J connectivity index is 1.50. The van der Waals surface area contributed by atoms with E-state index < -0.39 is 59.7 Å². The SMILES string of the molecule is COC(=O)[C@H](CCC(=O)NCCOCCOCCNC(=O)OC(C)(C)C)NC(=O)c1ccc(N(Cc2cnc3nc(N)[nH]c(=O)c3n2)C(=O)C(F)(F)F)cc1. The molecule has 0 radical (unpaired) electrons. The summed E-state index contributed by atoms with van der Waals surface area (Å²) < 4.78 is 61.3. The number of aromatic nitrogens is 4. The Bertz CT molecular complexity index is 1870. The maximum absolute atomic E-state index is 13.6. The van der Waals surface area contributed by atoms with Crippen LogP contribution in [-0.2, 0) is 39.9 Å². The third kappa shape index (κ3) is 14.5. The summed E-state index contributed by atoms with van der Waals surface area (Å²) in [6.45, 7) is 5.76. The molecular formula is C33H42F3N9O10. The van der Waals surface area contributed by atoms with Crippen molar-refractivity contribution in [3.8, 4) is 0 Å². The van der Waals surface area contributed by atoms with Gasteiger partial charge in [0.2, 0.25) is 11.9 Å². The molecule has 1 atom stereocenters. The fraction of sp³-hybridized carbons (Fsp3) is 0.485. The van der Waals surface area contributed by atoms with Crippen molar-refractivity contribution in [1.82, 2.24) is 35.9 Å². The maximum atomic E-state index is 13.6. The molecule has 6 N–H and O–H groups in total. The Kier molecular flexibility index (Phi) is 15.8. The van der Waals surface area contributed by atoms with E-state index in [1.807, 2.05) is 0 Å². The van der Waals surface area contributed by atoms with Crippen LogP contribution in [-0.4, -0.2) is 114 Å². The van der Waals surface area contributed by atoms with Gasteiger partial charge in [0.25, 0.3) is 11.5 Å². The summed E-state index contributed by atoms with van der Waals surface area (Å²) >= 11 is 0. The van der Waals surface area contributed by atoms with Gasteiger partial charge in [-0.05, 0) is 51.5 Å². The highest BCUT2D eigenvalue weighted by atomic mass is 19.4. The second kappa shape index (κ2) is 20.0. The summed E-state index contributed by atoms with van der Waals surface area (Å²) in [5.74, 6) is -4.63. The van der Waals surface area contributed by atoms with E-state index in [1.165, 1.54) is 0 Å². The number of carbonyl (C=O) groups is 5. The molecule has 3 aromatic rings. The second-order valence-electron chi connectivity index (χ2n) is 12.5. The number of nitrogens with zero attached hydrogens (tertiary/aromatic N) is 4. The van der Waals surface area contributed by atoms with Gasteiger partial charge in [0.1, 0.15) is 11.6 Å². The van der Waals surface area contributed by atoms with Gasteiger partial charge in [0, 0.05) is 30.8 Å². The lowest BCUT2D eigenvalue weighted by molar-refractivity contribution is -0.170. The zero-order chi connectivity index (χ0) is 40.8. The van der Waals surface area contributed by atoms with Crippen molar-refractivity contribution in [3.05, 3.63) is 52.1 Å². The monoisotopic (exact) mass is 781 g/mol. The molecule has 0 spiro atoms. The van der Waals surface area contributed by atoms with Gasteiger partial charge in [-0.25, -0.2) is 19.6 Å². The fourth-order valence-electron chi connectivity index (χ4n) is 4.56. The van der Waals surface area contributed by atoms with Gasteiger partial charge in [-0.1, -0.05) is 0 Å². The number of nitrogen functional groups attached to an aromatic ring is 1. The molecule has 19 nitrogen and oxygen atoms in total. The lowest BCUT2D eigenvalue weighted by atomic mass is 10.1. The normalized spacial score (nSPS) is 12.1. The molecular weight excluding hydrogens is 739 g/mol. The Morgan fingerprint density at radius 2 is 1.58 bits per heavy atom. The predicted molar refractivity (Wildman–Crippen MR) is 187 cm³/mol. The number of nitrogens with two attached hydrogens (primary N) is 1. The highest BCUT2D eigenvalue weighted by molar-refractivity contribution is 5.99. The standard InChI is InChI=1S/C33H42F3N9O10/c1-32(2,3)55-31(51)39-12-14-54-16-15-53-13-11-38-23(46)10-9-22(28(49)52-4)42-26(47)19-5-7-21(8-6-19)45(29(50)33(34,35)36)18-20-17-40-25-24(41-20)27(48)44-30(37)43-25/h5-8,17,22H,9-16,18H2,1-4H3,(H,38,46)(H,39,51)(H,42,47)(H3,37,40,43,44,48)/t22-/m0/s1. The molecule has 55 heavy (non-hydrogen) atoms. The number of nitrogens with one attached hydrogen (secondary N) is 4. The average molecular weight is 782 g/mol. The minimum absolute atomic E-state index is 0.0948. The Labute approximate surface area is 311 Å². The minimum atomic E-state index is -5.31. The highest BCUT2D eigenvalue weighted by Crippen LogP contribution is 2.26. The second-order valence-corrected chi connectivity index (χ2v) is 12.5. The summed E-state index contributed by atoms with van der Waals surface area (Å²) in [7, 11) is 1.09. The molecule has 0 fully saturated rings. The van der Waals surface area contributed by atoms with Crippen molar-refractivity contribution in [2.24, 2.45) is 0 Å². The number of anilines is 2. The first-order valence-electron chi connectivity index (χ1n) is 16.7. The lowest BCUT2D eigenvalue weighted by Crippen LogP contribution is -2.42. The van der Waals surface area contributed by atoms with Gasteiger partial charge < -0.3 is 40.6 Å². The first kappa shape index (κ1) is 43.5. The van der Waals surface area contributed by atoms with E-state index in [0.29, 0.717) is 4.90 Å². The molecule has 1 aromatic carbocycles. The molecule has 300 valence electrons. The number of hydrogen-bond donors (Lipinski definition) is 5. The number of methoxy groups -OCH3 is 1. The van der Waals surface area contributed by atoms with Crippen LogP contribution >= 0.6 is 0 Å². The lowest BCUT2D eigenvalue weighted by Gasteiger charge is -2.24. The Morgan fingerprint density at radius 1 is 0.945 bits per heavy atom. The number of H-pyrrole nitrogens is 1. The smallest absolute Gasteiger partial charge is 0.467 e. The van der Waals surface area contributed by atoms with Crippen LogP contribution in [0.3, 0.4) is 0 Å². The van der Waals surface area contributed by atoms with E-state index in [9.17, 15) is 41.9 Å². The molecule has 0 aliphatic rings. The van der Waals surface area contributed by atoms with Crippen LogP contribution in [0.2, 0.25) is 0 Å². The number of amides is 4. The summed E-state index contributed by atoms with van der Waals surface area (Å²) in [5, 5.41) is 7.60. The molecule has 0 saturated heterocycles. The maximum Gasteiger partial charge on any atom is 0.471 e. The van der Waals surface area contributed by atoms with Crippen molar-refractivity contribution in [1.29, 1.82) is 0 Å². The zero-order valence-electron chi connectivity index (χ0n) is 30.4. The number of hydrogen-bond acceptors (Lipinski definition) is 14. The third-order valence-corrected chi connectivity index (χ3v) is 7.04. The number of alkyl halides is 3. The van der Waals surface area contributed by atoms with Crippen molar-refractivity contribution >= 4 is 52.6 Å². The Morgan fingerprint density at radius 3 is 2.18 bits per heavy atom. The molecule has 4 amide bonds. The first-order chi connectivity index (χ1) is 25.9. The number of benzene rings is 1. The van der Waals surface area contributed by atoms with E-state index in [-0.39, 0.29) is 86.4 Å². The molecule has 22 heteroatoms. The van der Waals surface area contributed by atoms with Crippen LogP contribution in [0.5, 0.6) is 0 Å². The summed E-state index contributed by atoms with van der Waals surface area (Å²) in [4.78, 5) is 88.2. The van der Waals surface area contributed by atoms with Gasteiger partial charge in [-0.15, -0.1) is 0 Å². The van der Waals surface area contributed by atoms with E-state index in [2.05, 4.69) is 35.9 Å². The highest BCUT2D eigenvalue weighted by Gasteiger charge is 2.43. The van der Waals surface area contributed by atoms with E-state index in [4.69, 9.17) is 24.7 Å². The van der Waals surface area contributed by atoms with E-state index >= 15 is 0 Å². The fourth-order valence-corrected chi connectivity index (χ4v) is 4.56. The number of carbonyl (C=O) groups excluding carboxylic acids is 5. The third-order valence-electron chi connectivity index (χ3n) is 7.04. The number of ether oxygens (including phenoxy) is 4. The van der Waals surface area contributed by atoms with Crippen molar-refractivity contribution in [3.63, 3.8) is 0 Å². The molecule has 3 rings (SSSR count). The van der Waals surface area contributed by atoms with Crippen LogP contribution in [0, 0.1) is 0 Å². The van der Waals surface area contributed by atoms with Crippen molar-refractivity contribution in [2.75, 3.05) is 57.3 Å².